The van der Waals surface area contributed by atoms with Crippen molar-refractivity contribution in [2.24, 2.45) is 0 Å². The molecule has 8 heteroatoms. The van der Waals surface area contributed by atoms with E-state index in [9.17, 15) is 4.79 Å². The maximum absolute atomic E-state index is 11.7. The van der Waals surface area contributed by atoms with Gasteiger partial charge in [-0.25, -0.2) is 9.97 Å². The van der Waals surface area contributed by atoms with Crippen molar-refractivity contribution < 1.29 is 9.21 Å². The lowest BCUT2D eigenvalue weighted by Gasteiger charge is -2.04. The Kier molecular flexibility index (Phi) is 3.51. The number of carbonyl (C=O) groups is 1. The number of nitrogens with zero attached hydrogens (tertiary/aromatic N) is 2. The quantitative estimate of drug-likeness (QED) is 0.862. The van der Waals surface area contributed by atoms with Gasteiger partial charge < -0.3 is 9.73 Å². The summed E-state index contributed by atoms with van der Waals surface area (Å²) >= 11 is 17.0. The predicted molar refractivity (Wildman–Crippen MR) is 63.7 cm³/mol. The minimum absolute atomic E-state index is 0.0424. The summed E-state index contributed by atoms with van der Waals surface area (Å²) in [5, 5.41) is 2.64. The van der Waals surface area contributed by atoms with Crippen molar-refractivity contribution in [3.05, 3.63) is 39.6 Å². The van der Waals surface area contributed by atoms with E-state index in [1.807, 2.05) is 0 Å². The van der Waals surface area contributed by atoms with Crippen molar-refractivity contribution >= 4 is 46.5 Å². The van der Waals surface area contributed by atoms with E-state index < -0.39 is 5.91 Å². The van der Waals surface area contributed by atoms with E-state index in [2.05, 4.69) is 15.3 Å². The van der Waals surface area contributed by atoms with Crippen LogP contribution in [0.3, 0.4) is 0 Å². The molecule has 0 saturated carbocycles. The first-order chi connectivity index (χ1) is 8.08. The Morgan fingerprint density at radius 2 is 2.00 bits per heavy atom. The van der Waals surface area contributed by atoms with E-state index in [4.69, 9.17) is 39.2 Å². The first kappa shape index (κ1) is 12.2. The number of halogens is 3. The summed E-state index contributed by atoms with van der Waals surface area (Å²) < 4.78 is 4.92. The number of carbonyl (C=O) groups excluding carboxylic acids is 1. The van der Waals surface area contributed by atoms with Crippen LogP contribution in [0.25, 0.3) is 0 Å². The molecule has 0 spiro atoms. The van der Waals surface area contributed by atoms with Crippen molar-refractivity contribution in [2.75, 3.05) is 5.32 Å². The number of hydrogen-bond acceptors (Lipinski definition) is 4. The molecule has 1 N–H and O–H groups in total. The molecule has 2 rings (SSSR count). The number of hydrogen-bond donors (Lipinski definition) is 1. The van der Waals surface area contributed by atoms with Gasteiger partial charge in [-0.1, -0.05) is 23.2 Å². The minimum atomic E-state index is -0.534. The second-order valence-corrected chi connectivity index (χ2v) is 3.99. The first-order valence-corrected chi connectivity index (χ1v) is 5.44. The number of rotatable bonds is 2. The number of nitrogens with one attached hydrogen (secondary N) is 1. The van der Waals surface area contributed by atoms with E-state index in [0.29, 0.717) is 0 Å². The molecule has 0 saturated heterocycles. The lowest BCUT2D eigenvalue weighted by molar-refractivity contribution is 0.0996. The highest BCUT2D eigenvalue weighted by Gasteiger charge is 2.14. The summed E-state index contributed by atoms with van der Waals surface area (Å²) in [5.74, 6) is -0.390. The van der Waals surface area contributed by atoms with Crippen LogP contribution in [0.4, 0.5) is 5.82 Å². The molecule has 0 aliphatic heterocycles. The highest BCUT2D eigenvalue weighted by molar-refractivity contribution is 6.43. The lowest BCUT2D eigenvalue weighted by Crippen LogP contribution is -2.12. The minimum Gasteiger partial charge on any atom is -0.440 e. The molecule has 1 amide bonds. The van der Waals surface area contributed by atoms with E-state index in [1.165, 1.54) is 18.5 Å². The topological polar surface area (TPSA) is 68.0 Å². The number of furan rings is 1. The van der Waals surface area contributed by atoms with Crippen LogP contribution in [0.5, 0.6) is 0 Å². The Bertz CT molecular complexity index is 570. The maximum atomic E-state index is 11.7. The summed E-state index contributed by atoms with van der Waals surface area (Å²) in [5.41, 5.74) is 0. The van der Waals surface area contributed by atoms with E-state index in [1.54, 1.807) is 0 Å². The molecular formula is C9H4Cl3N3O2. The van der Waals surface area contributed by atoms with Crippen molar-refractivity contribution in [3.8, 4) is 0 Å². The third-order valence-electron chi connectivity index (χ3n) is 1.78. The third-order valence-corrected chi connectivity index (χ3v) is 2.72. The molecule has 5 nitrogen and oxygen atoms in total. The number of anilines is 1. The van der Waals surface area contributed by atoms with Crippen molar-refractivity contribution in [1.29, 1.82) is 0 Å². The van der Waals surface area contributed by atoms with Crippen LogP contribution in [0.2, 0.25) is 15.4 Å². The summed E-state index contributed by atoms with van der Waals surface area (Å²) in [7, 11) is 0. The van der Waals surface area contributed by atoms with Gasteiger partial charge in [0.05, 0.1) is 0 Å². The molecule has 0 fully saturated rings. The Morgan fingerprint density at radius 1 is 1.24 bits per heavy atom. The molecule has 0 radical (unpaired) electrons. The molecule has 17 heavy (non-hydrogen) atoms. The van der Waals surface area contributed by atoms with Crippen LogP contribution in [-0.4, -0.2) is 15.9 Å². The molecule has 88 valence electrons. The number of aromatic nitrogens is 2. The summed E-state index contributed by atoms with van der Waals surface area (Å²) in [6.07, 6.45) is 1.18. The van der Waals surface area contributed by atoms with Gasteiger partial charge in [0.15, 0.2) is 22.0 Å². The fourth-order valence-corrected chi connectivity index (χ4v) is 1.47. The van der Waals surface area contributed by atoms with Crippen LogP contribution in [0.1, 0.15) is 10.6 Å². The highest BCUT2D eigenvalue weighted by Crippen LogP contribution is 2.26. The fraction of sp³-hybridized carbons (Fsp3) is 0. The van der Waals surface area contributed by atoms with Crippen LogP contribution in [-0.2, 0) is 0 Å². The zero-order valence-corrected chi connectivity index (χ0v) is 10.3. The Balaban J connectivity index is 2.21. The predicted octanol–water partition coefficient (Wildman–Crippen LogP) is 3.28. The second-order valence-electron chi connectivity index (χ2n) is 2.88. The van der Waals surface area contributed by atoms with Gasteiger partial charge in [-0.3, -0.25) is 4.79 Å². The third kappa shape index (κ3) is 2.69. The molecule has 0 unspecified atom stereocenters. The zero-order valence-electron chi connectivity index (χ0n) is 8.08. The molecular weight excluding hydrogens is 288 g/mol. The molecule has 0 aliphatic carbocycles. The van der Waals surface area contributed by atoms with E-state index in [0.717, 1.165) is 0 Å². The van der Waals surface area contributed by atoms with Crippen molar-refractivity contribution in [1.82, 2.24) is 9.97 Å². The van der Waals surface area contributed by atoms with Crippen LogP contribution < -0.4 is 5.32 Å². The summed E-state index contributed by atoms with van der Waals surface area (Å²) in [6.45, 7) is 0. The Labute approximate surface area is 111 Å². The van der Waals surface area contributed by atoms with Gasteiger partial charge in [0.2, 0.25) is 0 Å². The van der Waals surface area contributed by atoms with E-state index in [-0.39, 0.29) is 27.0 Å². The molecule has 0 aliphatic rings. The van der Waals surface area contributed by atoms with E-state index >= 15 is 0 Å². The largest absolute Gasteiger partial charge is 0.440 e. The summed E-state index contributed by atoms with van der Waals surface area (Å²) in [4.78, 5) is 19.1. The zero-order chi connectivity index (χ0) is 12.4. The van der Waals surface area contributed by atoms with Gasteiger partial charge in [0.1, 0.15) is 11.3 Å². The van der Waals surface area contributed by atoms with Gasteiger partial charge >= 0.3 is 0 Å². The van der Waals surface area contributed by atoms with Crippen LogP contribution in [0, 0.1) is 0 Å². The smallest absolute Gasteiger partial charge is 0.292 e. The average molecular weight is 293 g/mol. The maximum Gasteiger partial charge on any atom is 0.292 e. The lowest BCUT2D eigenvalue weighted by atomic mass is 10.4. The first-order valence-electron chi connectivity index (χ1n) is 4.30. The van der Waals surface area contributed by atoms with Crippen molar-refractivity contribution in [2.45, 2.75) is 0 Å². The molecule has 0 bridgehead atoms. The van der Waals surface area contributed by atoms with Crippen LogP contribution in [0.15, 0.2) is 22.9 Å². The number of amides is 1. The van der Waals surface area contributed by atoms with Gasteiger partial charge in [0.25, 0.3) is 5.91 Å². The molecule has 0 atom stereocenters. The molecule has 2 aromatic rings. The average Bonchev–Trinajstić information content (AvgIpc) is 2.72. The SMILES string of the molecule is O=C(Nc1ncnc(Cl)c1Cl)c1ccc(Cl)o1. The Hall–Kier alpha value is -1.30. The monoisotopic (exact) mass is 291 g/mol. The van der Waals surface area contributed by atoms with Gasteiger partial charge in [-0.15, -0.1) is 0 Å². The fourth-order valence-electron chi connectivity index (χ4n) is 1.04. The van der Waals surface area contributed by atoms with Gasteiger partial charge in [0, 0.05) is 0 Å². The normalized spacial score (nSPS) is 10.3. The highest BCUT2D eigenvalue weighted by atomic mass is 35.5. The standard InChI is InChI=1S/C9H4Cl3N3O2/c10-5-2-1-4(17-5)9(16)15-8-6(11)7(12)13-3-14-8/h1-3H,(H,13,14,15,16). The molecule has 0 aromatic carbocycles. The van der Waals surface area contributed by atoms with Gasteiger partial charge in [-0.05, 0) is 23.7 Å². The van der Waals surface area contributed by atoms with Crippen molar-refractivity contribution in [3.63, 3.8) is 0 Å². The Morgan fingerprint density at radius 3 is 2.65 bits per heavy atom. The molecule has 2 aromatic heterocycles. The molecule has 2 heterocycles. The summed E-state index contributed by atoms with van der Waals surface area (Å²) in [6, 6.07) is 2.87. The second kappa shape index (κ2) is 4.91. The van der Waals surface area contributed by atoms with Gasteiger partial charge in [-0.2, -0.15) is 0 Å². The van der Waals surface area contributed by atoms with Crippen LogP contribution >= 0.6 is 34.8 Å².